The number of aliphatic carboxylic acids is 2. The van der Waals surface area contributed by atoms with Crippen LogP contribution in [0.25, 0.3) is 0 Å². The molecule has 35 heavy (non-hydrogen) atoms. The molecule has 0 bridgehead atoms. The van der Waals surface area contributed by atoms with E-state index >= 15 is 0 Å². The maximum Gasteiger partial charge on any atom is 0.328 e. The number of anilines is 2. The summed E-state index contributed by atoms with van der Waals surface area (Å²) in [6.45, 7) is 1.93. The van der Waals surface area contributed by atoms with Crippen molar-refractivity contribution in [3.8, 4) is 0 Å². The summed E-state index contributed by atoms with van der Waals surface area (Å²) in [5.74, 6) is -1.59. The molecule has 0 atom stereocenters. The minimum atomic E-state index is -1.26. The van der Waals surface area contributed by atoms with E-state index in [1.54, 1.807) is 0 Å². The van der Waals surface area contributed by atoms with E-state index < -0.39 is 11.9 Å². The molecule has 2 aromatic carbocycles. The molecule has 1 aromatic heterocycles. The first kappa shape index (κ1) is 25.3. The molecular weight excluding hydrogens is 444 g/mol. The Labute approximate surface area is 204 Å². The second kappa shape index (κ2) is 12.2. The van der Waals surface area contributed by atoms with Crippen LogP contribution in [0.2, 0.25) is 0 Å². The summed E-state index contributed by atoms with van der Waals surface area (Å²) in [6, 6.07) is 22.9. The zero-order valence-corrected chi connectivity index (χ0v) is 19.7. The molecule has 0 unspecified atom stereocenters. The number of benzene rings is 2. The average molecular weight is 473 g/mol. The highest BCUT2D eigenvalue weighted by molar-refractivity contribution is 6.18. The van der Waals surface area contributed by atoms with E-state index in [0.717, 1.165) is 53.5 Å². The van der Waals surface area contributed by atoms with E-state index in [9.17, 15) is 9.59 Å². The molecule has 1 aliphatic heterocycles. The van der Waals surface area contributed by atoms with Crippen LogP contribution >= 0.6 is 0 Å². The van der Waals surface area contributed by atoms with E-state index in [-0.39, 0.29) is 0 Å². The smallest absolute Gasteiger partial charge is 0.328 e. The number of rotatable bonds is 7. The molecule has 0 fully saturated rings. The van der Waals surface area contributed by atoms with Crippen molar-refractivity contribution in [3.05, 3.63) is 96.2 Å². The Kier molecular flexibility index (Phi) is 8.86. The van der Waals surface area contributed by atoms with Gasteiger partial charge in [-0.1, -0.05) is 48.5 Å². The fourth-order valence-electron chi connectivity index (χ4n) is 3.62. The maximum absolute atomic E-state index is 9.55. The molecule has 0 saturated carbocycles. The van der Waals surface area contributed by atoms with Crippen molar-refractivity contribution in [2.45, 2.75) is 6.42 Å². The zero-order chi connectivity index (χ0) is 25.2. The molecule has 2 N–H and O–H groups in total. The lowest BCUT2D eigenvalue weighted by Gasteiger charge is -2.26. The third-order valence-electron chi connectivity index (χ3n) is 5.11. The van der Waals surface area contributed by atoms with Crippen molar-refractivity contribution >= 4 is 34.8 Å². The van der Waals surface area contributed by atoms with Crippen LogP contribution in [0, 0.1) is 0 Å². The van der Waals surface area contributed by atoms with Crippen LogP contribution in [0.4, 0.5) is 17.2 Å². The van der Waals surface area contributed by atoms with Crippen molar-refractivity contribution in [1.82, 2.24) is 9.88 Å². The Bertz CT molecular complexity index is 1210. The molecule has 8 nitrogen and oxygen atoms in total. The quantitative estimate of drug-likeness (QED) is 0.492. The molecule has 0 radical (unpaired) electrons. The van der Waals surface area contributed by atoms with Gasteiger partial charge in [-0.2, -0.15) is 0 Å². The second-order valence-electron chi connectivity index (χ2n) is 8.01. The van der Waals surface area contributed by atoms with Gasteiger partial charge in [0.05, 0.1) is 11.4 Å². The summed E-state index contributed by atoms with van der Waals surface area (Å²) >= 11 is 0. The number of para-hydroxylation sites is 1. The third-order valence-corrected chi connectivity index (χ3v) is 5.11. The van der Waals surface area contributed by atoms with Crippen LogP contribution in [-0.4, -0.2) is 64.9 Å². The first-order chi connectivity index (χ1) is 16.9. The number of carboxylic acids is 2. The van der Waals surface area contributed by atoms with E-state index in [1.165, 1.54) is 0 Å². The molecule has 4 rings (SSSR count). The van der Waals surface area contributed by atoms with Crippen LogP contribution in [0.1, 0.15) is 17.5 Å². The Hall–Kier alpha value is -4.30. The van der Waals surface area contributed by atoms with Crippen LogP contribution in [-0.2, 0) is 9.59 Å². The summed E-state index contributed by atoms with van der Waals surface area (Å²) in [4.78, 5) is 33.4. The summed E-state index contributed by atoms with van der Waals surface area (Å²) in [7, 11) is 4.22. The summed E-state index contributed by atoms with van der Waals surface area (Å²) in [5, 5.41) is 15.6. The largest absolute Gasteiger partial charge is 0.478 e. The summed E-state index contributed by atoms with van der Waals surface area (Å²) in [5.41, 5.74) is 5.34. The first-order valence-electron chi connectivity index (χ1n) is 11.1. The van der Waals surface area contributed by atoms with Crippen molar-refractivity contribution in [2.24, 2.45) is 4.99 Å². The van der Waals surface area contributed by atoms with Crippen molar-refractivity contribution in [2.75, 3.05) is 32.1 Å². The molecule has 0 spiro atoms. The van der Waals surface area contributed by atoms with Gasteiger partial charge >= 0.3 is 11.9 Å². The van der Waals surface area contributed by atoms with Crippen LogP contribution < -0.4 is 4.90 Å². The Morgan fingerprint density at radius 1 is 0.914 bits per heavy atom. The van der Waals surface area contributed by atoms with Gasteiger partial charge in [0.1, 0.15) is 5.69 Å². The predicted octanol–water partition coefficient (Wildman–Crippen LogP) is 4.37. The Morgan fingerprint density at radius 3 is 2.23 bits per heavy atom. The number of pyridine rings is 1. The van der Waals surface area contributed by atoms with Crippen LogP contribution in [0.3, 0.4) is 0 Å². The molecule has 0 aliphatic carbocycles. The number of hydrogen-bond donors (Lipinski definition) is 2. The fourth-order valence-corrected chi connectivity index (χ4v) is 3.62. The molecule has 8 heteroatoms. The SMILES string of the molecule is CN(C)CCCN1c2ccccc2C(c2ccccc2)=Nc2cccnc21.O=C(O)C=CC(=O)O. The van der Waals surface area contributed by atoms with E-state index in [2.05, 4.69) is 78.5 Å². The van der Waals surface area contributed by atoms with Gasteiger partial charge < -0.3 is 20.0 Å². The van der Waals surface area contributed by atoms with Gasteiger partial charge in [0.15, 0.2) is 5.82 Å². The van der Waals surface area contributed by atoms with Gasteiger partial charge in [0.2, 0.25) is 0 Å². The standard InChI is InChI=1S/C23H24N4.C4H4O4/c1-26(2)16-9-17-27-21-14-7-6-12-19(21)22(18-10-4-3-5-11-18)25-20-13-8-15-24-23(20)27;5-3(6)1-2-4(7)8/h3-8,10-15H,9,16-17H2,1-2H3;1-2H,(H,5,6)(H,7,8). The summed E-state index contributed by atoms with van der Waals surface area (Å²) < 4.78 is 0. The zero-order valence-electron chi connectivity index (χ0n) is 19.7. The topological polar surface area (TPSA) is 106 Å². The monoisotopic (exact) mass is 472 g/mol. The van der Waals surface area contributed by atoms with E-state index in [0.29, 0.717) is 12.2 Å². The molecular formula is C27H28N4O4. The lowest BCUT2D eigenvalue weighted by atomic mass is 10.00. The molecule has 2 heterocycles. The number of aromatic nitrogens is 1. The minimum Gasteiger partial charge on any atom is -0.478 e. The fraction of sp³-hybridized carbons (Fsp3) is 0.185. The molecule has 3 aromatic rings. The first-order valence-corrected chi connectivity index (χ1v) is 11.1. The van der Waals surface area contributed by atoms with Crippen LogP contribution in [0.15, 0.2) is 90.1 Å². The number of fused-ring (bicyclic) bond motifs is 2. The number of carboxylic acid groups (broad SMARTS) is 2. The molecule has 1 aliphatic rings. The minimum absolute atomic E-state index is 0.558. The normalized spacial score (nSPS) is 12.2. The van der Waals surface area contributed by atoms with Gasteiger partial charge in [-0.05, 0) is 45.3 Å². The predicted molar refractivity (Wildman–Crippen MR) is 137 cm³/mol. The average Bonchev–Trinajstić information content (AvgIpc) is 2.99. The van der Waals surface area contributed by atoms with Crippen molar-refractivity contribution in [1.29, 1.82) is 0 Å². The van der Waals surface area contributed by atoms with E-state index in [4.69, 9.17) is 20.2 Å². The van der Waals surface area contributed by atoms with Crippen molar-refractivity contribution in [3.63, 3.8) is 0 Å². The van der Waals surface area contributed by atoms with Crippen LogP contribution in [0.5, 0.6) is 0 Å². The lowest BCUT2D eigenvalue weighted by Crippen LogP contribution is -2.24. The number of hydrogen-bond acceptors (Lipinski definition) is 6. The van der Waals surface area contributed by atoms with Gasteiger partial charge in [0, 0.05) is 36.0 Å². The maximum atomic E-state index is 9.55. The highest BCUT2D eigenvalue weighted by Gasteiger charge is 2.24. The van der Waals surface area contributed by atoms with Gasteiger partial charge in [-0.3, -0.25) is 0 Å². The van der Waals surface area contributed by atoms with Gasteiger partial charge in [-0.25, -0.2) is 19.6 Å². The van der Waals surface area contributed by atoms with E-state index in [1.807, 2.05) is 18.3 Å². The Morgan fingerprint density at radius 2 is 1.57 bits per heavy atom. The van der Waals surface area contributed by atoms with Gasteiger partial charge in [-0.15, -0.1) is 0 Å². The lowest BCUT2D eigenvalue weighted by molar-refractivity contribution is -0.134. The van der Waals surface area contributed by atoms with Gasteiger partial charge in [0.25, 0.3) is 0 Å². The molecule has 0 saturated heterocycles. The molecule has 0 amide bonds. The highest BCUT2D eigenvalue weighted by Crippen LogP contribution is 2.39. The number of nitrogens with zero attached hydrogens (tertiary/aromatic N) is 4. The Balaban J connectivity index is 0.000000371. The number of aliphatic imine (C=N–C) groups is 1. The highest BCUT2D eigenvalue weighted by atomic mass is 16.4. The number of carbonyl (C=O) groups is 2. The summed E-state index contributed by atoms with van der Waals surface area (Å²) in [6.07, 6.45) is 4.02. The molecule has 180 valence electrons. The third kappa shape index (κ3) is 7.09. The van der Waals surface area contributed by atoms with Crippen molar-refractivity contribution < 1.29 is 19.8 Å². The second-order valence-corrected chi connectivity index (χ2v) is 8.01.